The van der Waals surface area contributed by atoms with Crippen molar-refractivity contribution in [2.75, 3.05) is 6.61 Å². The van der Waals surface area contributed by atoms with E-state index in [0.717, 1.165) is 18.4 Å². The number of nitrogens with zero attached hydrogens (tertiary/aromatic N) is 1. The molecule has 8 heteroatoms. The van der Waals surface area contributed by atoms with Crippen molar-refractivity contribution in [3.8, 4) is 0 Å². The number of aliphatic hydroxyl groups is 1. The summed E-state index contributed by atoms with van der Waals surface area (Å²) in [6.45, 7) is 9.98. The van der Waals surface area contributed by atoms with Gasteiger partial charge in [0.15, 0.2) is 0 Å². The summed E-state index contributed by atoms with van der Waals surface area (Å²) in [5.74, 6) is -2.25. The van der Waals surface area contributed by atoms with E-state index in [1.807, 2.05) is 58.0 Å². The molecule has 3 N–H and O–H groups in total. The van der Waals surface area contributed by atoms with Crippen molar-refractivity contribution in [1.82, 2.24) is 15.5 Å². The highest BCUT2D eigenvalue weighted by Gasteiger charge is 2.79. The number of carbonyl (C=O) groups is 3. The average Bonchev–Trinajstić information content (AvgIpc) is 3.47. The van der Waals surface area contributed by atoms with Crippen molar-refractivity contribution < 1.29 is 24.2 Å². The molecule has 1 aromatic rings. The van der Waals surface area contributed by atoms with Gasteiger partial charge in [-0.25, -0.2) is 0 Å². The van der Waals surface area contributed by atoms with Crippen LogP contribution in [0.5, 0.6) is 0 Å². The lowest BCUT2D eigenvalue weighted by atomic mass is 9.65. The fourth-order valence-corrected chi connectivity index (χ4v) is 7.05. The van der Waals surface area contributed by atoms with Gasteiger partial charge in [-0.2, -0.15) is 0 Å². The summed E-state index contributed by atoms with van der Waals surface area (Å²) in [6.07, 6.45) is 3.47. The molecule has 3 fully saturated rings. The number of amides is 3. The second-order valence-corrected chi connectivity index (χ2v) is 11.5. The van der Waals surface area contributed by atoms with E-state index in [-0.39, 0.29) is 36.3 Å². The summed E-state index contributed by atoms with van der Waals surface area (Å²) in [7, 11) is 0. The van der Waals surface area contributed by atoms with Crippen LogP contribution in [0.2, 0.25) is 0 Å². The molecule has 3 unspecified atom stereocenters. The Morgan fingerprint density at radius 2 is 1.84 bits per heavy atom. The Morgan fingerprint density at radius 1 is 1.14 bits per heavy atom. The van der Waals surface area contributed by atoms with Gasteiger partial charge in [0.1, 0.15) is 11.6 Å². The molecule has 3 heterocycles. The second kappa shape index (κ2) is 10.7. The Balaban J connectivity index is 1.71. The molecule has 0 aromatic heterocycles. The number of benzene rings is 1. The Morgan fingerprint density at radius 3 is 2.43 bits per heavy atom. The van der Waals surface area contributed by atoms with Gasteiger partial charge in [-0.05, 0) is 44.1 Å². The first kappa shape index (κ1) is 27.6. The highest BCUT2D eigenvalue weighted by atomic mass is 16.5. The number of rotatable bonds is 11. The zero-order valence-corrected chi connectivity index (χ0v) is 22.8. The standard InChI is InChI=1S/C29H43N3O5/c1-6-11-19(5)31-26(35)24-29-15-14-28(7-2,37-29)22(25(34)30-16-20-12-9-8-10-13-20)23(29)27(36)32(24)21(17-33)18(3)4/h8-10,12-13,18-19,21-24,33H,6-7,11,14-17H2,1-5H3,(H,30,34)(H,31,35)/t19?,21-,22-,23-,24?,28+,29?/m0/s1. The highest BCUT2D eigenvalue weighted by molar-refractivity contribution is 5.99. The Kier molecular flexibility index (Phi) is 8.00. The van der Waals surface area contributed by atoms with E-state index < -0.39 is 35.1 Å². The zero-order chi connectivity index (χ0) is 27.0. The molecule has 3 saturated heterocycles. The van der Waals surface area contributed by atoms with Crippen LogP contribution in [-0.2, 0) is 25.7 Å². The molecule has 0 saturated carbocycles. The SMILES string of the molecule is CCCC(C)NC(=O)C1N([C@@H](CO)C(C)C)C(=O)[C@@H]2[C@@H](C(=O)NCc3ccccc3)[C@@]3(CC)CCC12O3. The van der Waals surface area contributed by atoms with Gasteiger partial charge in [0, 0.05) is 12.6 Å². The minimum absolute atomic E-state index is 0.0553. The molecule has 0 radical (unpaired) electrons. The lowest BCUT2D eigenvalue weighted by Gasteiger charge is -2.39. The Labute approximate surface area is 220 Å². The molecule has 2 bridgehead atoms. The van der Waals surface area contributed by atoms with E-state index in [1.165, 1.54) is 0 Å². The quantitative estimate of drug-likeness (QED) is 0.422. The number of ether oxygens (including phenoxy) is 1. The monoisotopic (exact) mass is 513 g/mol. The number of hydrogen-bond acceptors (Lipinski definition) is 5. The number of likely N-dealkylation sites (tertiary alicyclic amines) is 1. The van der Waals surface area contributed by atoms with E-state index in [9.17, 15) is 19.5 Å². The first-order valence-corrected chi connectivity index (χ1v) is 13.9. The van der Waals surface area contributed by atoms with Crippen LogP contribution < -0.4 is 10.6 Å². The molecule has 4 rings (SSSR count). The van der Waals surface area contributed by atoms with Crippen molar-refractivity contribution in [2.24, 2.45) is 17.8 Å². The van der Waals surface area contributed by atoms with Crippen LogP contribution in [0.15, 0.2) is 30.3 Å². The lowest BCUT2D eigenvalue weighted by Crippen LogP contribution is -2.60. The van der Waals surface area contributed by atoms with E-state index in [4.69, 9.17) is 4.74 Å². The Bertz CT molecular complexity index is 1000. The third-order valence-corrected chi connectivity index (χ3v) is 8.88. The van der Waals surface area contributed by atoms with Crippen LogP contribution in [0.25, 0.3) is 0 Å². The molecule has 3 amide bonds. The van der Waals surface area contributed by atoms with Crippen molar-refractivity contribution >= 4 is 17.7 Å². The third kappa shape index (κ3) is 4.56. The van der Waals surface area contributed by atoms with Crippen LogP contribution in [0.4, 0.5) is 0 Å². The maximum atomic E-state index is 14.2. The van der Waals surface area contributed by atoms with Gasteiger partial charge < -0.3 is 25.4 Å². The predicted octanol–water partition coefficient (Wildman–Crippen LogP) is 2.78. The third-order valence-electron chi connectivity index (χ3n) is 8.88. The summed E-state index contributed by atoms with van der Waals surface area (Å²) in [4.78, 5) is 43.4. The number of hydrogen-bond donors (Lipinski definition) is 3. The van der Waals surface area contributed by atoms with E-state index in [1.54, 1.807) is 4.90 Å². The van der Waals surface area contributed by atoms with Crippen LogP contribution in [0.3, 0.4) is 0 Å². The molecular formula is C29H43N3O5. The maximum Gasteiger partial charge on any atom is 0.246 e. The number of carbonyl (C=O) groups excluding carboxylic acids is 3. The summed E-state index contributed by atoms with van der Waals surface area (Å²) in [6, 6.07) is 8.18. The van der Waals surface area contributed by atoms with E-state index in [2.05, 4.69) is 17.6 Å². The molecule has 1 aromatic carbocycles. The fraction of sp³-hybridized carbons (Fsp3) is 0.690. The lowest BCUT2D eigenvalue weighted by molar-refractivity contribution is -0.152. The molecule has 37 heavy (non-hydrogen) atoms. The maximum absolute atomic E-state index is 14.2. The predicted molar refractivity (Wildman–Crippen MR) is 140 cm³/mol. The van der Waals surface area contributed by atoms with Crippen molar-refractivity contribution in [3.63, 3.8) is 0 Å². The molecule has 0 aliphatic carbocycles. The van der Waals surface area contributed by atoms with Gasteiger partial charge in [-0.3, -0.25) is 14.4 Å². The molecular weight excluding hydrogens is 470 g/mol. The van der Waals surface area contributed by atoms with Crippen LogP contribution in [0.1, 0.15) is 72.3 Å². The summed E-state index contributed by atoms with van der Waals surface area (Å²) >= 11 is 0. The van der Waals surface area contributed by atoms with Gasteiger partial charge in [0.05, 0.1) is 30.1 Å². The molecule has 3 aliphatic rings. The summed E-state index contributed by atoms with van der Waals surface area (Å²) in [5, 5.41) is 16.5. The molecule has 3 aliphatic heterocycles. The fourth-order valence-electron chi connectivity index (χ4n) is 7.05. The number of fused-ring (bicyclic) bond motifs is 1. The molecule has 8 nitrogen and oxygen atoms in total. The van der Waals surface area contributed by atoms with Gasteiger partial charge in [0.25, 0.3) is 0 Å². The minimum atomic E-state index is -1.08. The van der Waals surface area contributed by atoms with Crippen LogP contribution >= 0.6 is 0 Å². The normalized spacial score (nSPS) is 31.9. The van der Waals surface area contributed by atoms with Gasteiger partial charge in [0.2, 0.25) is 17.7 Å². The van der Waals surface area contributed by atoms with E-state index >= 15 is 0 Å². The minimum Gasteiger partial charge on any atom is -0.394 e. The topological polar surface area (TPSA) is 108 Å². The zero-order valence-electron chi connectivity index (χ0n) is 22.8. The van der Waals surface area contributed by atoms with Crippen molar-refractivity contribution in [1.29, 1.82) is 0 Å². The van der Waals surface area contributed by atoms with Crippen LogP contribution in [-0.4, -0.2) is 63.7 Å². The number of nitrogens with one attached hydrogen (secondary N) is 2. The highest BCUT2D eigenvalue weighted by Crippen LogP contribution is 2.64. The molecule has 7 atom stereocenters. The second-order valence-electron chi connectivity index (χ2n) is 11.5. The molecule has 1 spiro atoms. The first-order valence-electron chi connectivity index (χ1n) is 13.9. The van der Waals surface area contributed by atoms with Gasteiger partial charge in [-0.15, -0.1) is 0 Å². The Hall–Kier alpha value is -2.45. The van der Waals surface area contributed by atoms with Crippen molar-refractivity contribution in [3.05, 3.63) is 35.9 Å². The summed E-state index contributed by atoms with van der Waals surface area (Å²) < 4.78 is 6.79. The molecule has 204 valence electrons. The van der Waals surface area contributed by atoms with Crippen LogP contribution in [0, 0.1) is 17.8 Å². The smallest absolute Gasteiger partial charge is 0.246 e. The van der Waals surface area contributed by atoms with E-state index in [0.29, 0.717) is 25.8 Å². The van der Waals surface area contributed by atoms with Gasteiger partial charge in [-0.1, -0.05) is 64.4 Å². The summed E-state index contributed by atoms with van der Waals surface area (Å²) in [5.41, 5.74) is -0.894. The van der Waals surface area contributed by atoms with Gasteiger partial charge >= 0.3 is 0 Å². The first-order chi connectivity index (χ1) is 17.7. The average molecular weight is 514 g/mol. The number of aliphatic hydroxyl groups excluding tert-OH is 1. The van der Waals surface area contributed by atoms with Crippen molar-refractivity contribution in [2.45, 2.75) is 103 Å². The largest absolute Gasteiger partial charge is 0.394 e.